The average Bonchev–Trinajstić information content (AvgIpc) is 1.88. The van der Waals surface area contributed by atoms with Crippen LogP contribution in [-0.4, -0.2) is 17.6 Å². The zero-order valence-corrected chi connectivity index (χ0v) is 5.92. The fraction of sp³-hybridized carbons (Fsp3) is 0.429. The summed E-state index contributed by atoms with van der Waals surface area (Å²) in [6.07, 6.45) is 0.889. The molecule has 0 aliphatic heterocycles. The first-order valence-corrected chi connectivity index (χ1v) is 3.03. The Hall–Kier alpha value is -1.30. The van der Waals surface area contributed by atoms with Crippen LogP contribution in [0.25, 0.3) is 4.85 Å². The molecule has 54 valence electrons. The molecule has 0 aromatic rings. The predicted octanol–water partition coefficient (Wildman–Crippen LogP) is 1.37. The minimum absolute atomic E-state index is 0.0894. The minimum Gasteiger partial charge on any atom is -0.477 e. The lowest BCUT2D eigenvalue weighted by atomic mass is 10.3. The molecule has 0 amide bonds. The fourth-order valence-corrected chi connectivity index (χ4v) is 0.311. The van der Waals surface area contributed by atoms with Crippen molar-refractivity contribution in [3.63, 3.8) is 0 Å². The normalized spacial score (nSPS) is 7.70. The number of nitrogens with zero attached hydrogens (tertiary/aromatic N) is 1. The van der Waals surface area contributed by atoms with Crippen LogP contribution in [0.3, 0.4) is 0 Å². The molecule has 0 atom stereocenters. The zero-order valence-electron chi connectivity index (χ0n) is 5.92. The molecular weight excluding hydrogens is 130 g/mol. The molecule has 0 saturated carbocycles. The maximum atomic E-state index is 10.1. The van der Waals surface area contributed by atoms with Crippen LogP contribution in [0.15, 0.2) is 12.2 Å². The largest absolute Gasteiger partial charge is 0.477 e. The molecule has 3 nitrogen and oxygen atoms in total. The van der Waals surface area contributed by atoms with Gasteiger partial charge in [-0.3, -0.25) is 0 Å². The third kappa shape index (κ3) is 3.67. The Kier molecular flexibility index (Phi) is 3.97. The van der Waals surface area contributed by atoms with Crippen molar-refractivity contribution < 1.29 is 9.90 Å². The number of hydrogen-bond acceptors (Lipinski definition) is 1. The van der Waals surface area contributed by atoms with Crippen LogP contribution in [0.2, 0.25) is 0 Å². The van der Waals surface area contributed by atoms with E-state index in [0.29, 0.717) is 6.54 Å². The standard InChI is InChI=1S/C7H9NO2/c1-3-4-8-5-6(2)7(9)10/h2-4H2,1H3/p+1. The van der Waals surface area contributed by atoms with E-state index in [1.807, 2.05) is 6.92 Å². The van der Waals surface area contributed by atoms with Gasteiger partial charge in [0.1, 0.15) is 0 Å². The molecule has 10 heavy (non-hydrogen) atoms. The minimum atomic E-state index is -1.07. The summed E-state index contributed by atoms with van der Waals surface area (Å²) in [6.45, 7) is 5.78. The molecule has 0 bridgehead atoms. The Bertz CT molecular complexity index is 197. The number of hydrogen-bond donors (Lipinski definition) is 1. The van der Waals surface area contributed by atoms with E-state index in [1.54, 1.807) is 0 Å². The van der Waals surface area contributed by atoms with Crippen LogP contribution >= 0.6 is 0 Å². The van der Waals surface area contributed by atoms with Crippen LogP contribution in [-0.2, 0) is 4.79 Å². The van der Waals surface area contributed by atoms with E-state index in [0.717, 1.165) is 6.42 Å². The monoisotopic (exact) mass is 140 g/mol. The summed E-state index contributed by atoms with van der Waals surface area (Å²) in [5, 5.41) is 8.26. The van der Waals surface area contributed by atoms with E-state index >= 15 is 0 Å². The summed E-state index contributed by atoms with van der Waals surface area (Å²) >= 11 is 0. The van der Waals surface area contributed by atoms with Crippen molar-refractivity contribution in [2.24, 2.45) is 0 Å². The van der Waals surface area contributed by atoms with Crippen LogP contribution in [0.4, 0.5) is 0 Å². The number of carboxylic acids is 1. The first-order chi connectivity index (χ1) is 4.68. The second-order valence-electron chi connectivity index (χ2n) is 1.78. The van der Waals surface area contributed by atoms with Crippen LogP contribution in [0, 0.1) is 6.07 Å². The third-order valence-electron chi connectivity index (χ3n) is 0.808. The number of carboxylic acid groups (broad SMARTS) is 1. The van der Waals surface area contributed by atoms with Gasteiger partial charge in [0.2, 0.25) is 0 Å². The highest BCUT2D eigenvalue weighted by Crippen LogP contribution is 1.87. The van der Waals surface area contributed by atoms with Gasteiger partial charge < -0.3 is 5.11 Å². The van der Waals surface area contributed by atoms with Gasteiger partial charge in [0, 0.05) is 6.42 Å². The van der Waals surface area contributed by atoms with Crippen LogP contribution < -0.4 is 0 Å². The average molecular weight is 140 g/mol. The molecule has 0 aromatic heterocycles. The number of rotatable bonds is 2. The highest BCUT2D eigenvalue weighted by molar-refractivity contribution is 5.90. The maximum absolute atomic E-state index is 10.1. The van der Waals surface area contributed by atoms with Gasteiger partial charge in [0.15, 0.2) is 5.57 Å². The molecule has 0 fully saturated rings. The quantitative estimate of drug-likeness (QED) is 0.465. The SMILES string of the molecule is C=C(C#[N+]CCC)C(=O)O. The maximum Gasteiger partial charge on any atom is 0.350 e. The molecule has 0 heterocycles. The molecule has 0 aromatic carbocycles. The molecule has 0 unspecified atom stereocenters. The van der Waals surface area contributed by atoms with Crippen molar-refractivity contribution >= 4 is 5.97 Å². The topological polar surface area (TPSA) is 41.7 Å². The summed E-state index contributed by atoms with van der Waals surface area (Å²) < 4.78 is 0. The smallest absolute Gasteiger partial charge is 0.350 e. The fourth-order valence-electron chi connectivity index (χ4n) is 0.311. The second-order valence-corrected chi connectivity index (χ2v) is 1.78. The molecule has 0 spiro atoms. The zero-order chi connectivity index (χ0) is 7.98. The number of aliphatic carboxylic acids is 1. The van der Waals surface area contributed by atoms with E-state index in [-0.39, 0.29) is 5.57 Å². The summed E-state index contributed by atoms with van der Waals surface area (Å²) in [4.78, 5) is 13.8. The molecule has 1 N–H and O–H groups in total. The van der Waals surface area contributed by atoms with Crippen molar-refractivity contribution in [3.05, 3.63) is 17.0 Å². The van der Waals surface area contributed by atoms with E-state index in [9.17, 15) is 4.79 Å². The van der Waals surface area contributed by atoms with E-state index in [4.69, 9.17) is 5.11 Å². The Labute approximate surface area is 59.8 Å². The van der Waals surface area contributed by atoms with Crippen molar-refractivity contribution in [1.29, 1.82) is 0 Å². The van der Waals surface area contributed by atoms with Crippen LogP contribution in [0.5, 0.6) is 0 Å². The van der Waals surface area contributed by atoms with Crippen LogP contribution in [0.1, 0.15) is 13.3 Å². The Balaban J connectivity index is 3.81. The van der Waals surface area contributed by atoms with Crippen molar-refractivity contribution in [1.82, 2.24) is 0 Å². The summed E-state index contributed by atoms with van der Waals surface area (Å²) in [5.41, 5.74) is -0.0894. The van der Waals surface area contributed by atoms with E-state index < -0.39 is 5.97 Å². The molecular formula is C7H10NO2+. The second kappa shape index (κ2) is 4.57. The first-order valence-electron chi connectivity index (χ1n) is 3.03. The van der Waals surface area contributed by atoms with Crippen molar-refractivity contribution in [2.45, 2.75) is 13.3 Å². The predicted molar refractivity (Wildman–Crippen MR) is 39.2 cm³/mol. The first kappa shape index (κ1) is 8.70. The van der Waals surface area contributed by atoms with E-state index in [2.05, 4.69) is 17.5 Å². The summed E-state index contributed by atoms with van der Waals surface area (Å²) in [6, 6.07) is 2.31. The van der Waals surface area contributed by atoms with Gasteiger partial charge in [-0.05, 0) is 0 Å². The molecule has 0 rings (SSSR count). The summed E-state index contributed by atoms with van der Waals surface area (Å²) in [7, 11) is 0. The van der Waals surface area contributed by atoms with Gasteiger partial charge in [-0.2, -0.15) is 0 Å². The lowest BCUT2D eigenvalue weighted by Gasteiger charge is -1.75. The van der Waals surface area contributed by atoms with Gasteiger partial charge in [0.25, 0.3) is 6.54 Å². The Morgan fingerprint density at radius 3 is 2.80 bits per heavy atom. The van der Waals surface area contributed by atoms with Gasteiger partial charge in [-0.1, -0.05) is 18.3 Å². The van der Waals surface area contributed by atoms with Gasteiger partial charge >= 0.3 is 12.0 Å². The molecule has 0 aliphatic rings. The summed E-state index contributed by atoms with van der Waals surface area (Å²) in [5.74, 6) is -1.07. The van der Waals surface area contributed by atoms with Gasteiger partial charge in [-0.15, -0.1) is 0 Å². The lowest BCUT2D eigenvalue weighted by Crippen LogP contribution is -1.94. The van der Waals surface area contributed by atoms with Crippen molar-refractivity contribution in [3.8, 4) is 6.07 Å². The Morgan fingerprint density at radius 1 is 1.80 bits per heavy atom. The third-order valence-corrected chi connectivity index (χ3v) is 0.808. The molecule has 3 heteroatoms. The van der Waals surface area contributed by atoms with E-state index in [1.165, 1.54) is 0 Å². The molecule has 0 radical (unpaired) electrons. The highest BCUT2D eigenvalue weighted by Gasteiger charge is 2.04. The number of carbonyl (C=O) groups is 1. The lowest BCUT2D eigenvalue weighted by molar-refractivity contribution is -0.132. The molecule has 0 aliphatic carbocycles. The van der Waals surface area contributed by atoms with Gasteiger partial charge in [-0.25, -0.2) is 4.79 Å². The van der Waals surface area contributed by atoms with Gasteiger partial charge in [0.05, 0.1) is 0 Å². The Morgan fingerprint density at radius 2 is 2.40 bits per heavy atom. The molecule has 0 saturated heterocycles. The van der Waals surface area contributed by atoms with Crippen molar-refractivity contribution in [2.75, 3.05) is 6.54 Å². The highest BCUT2D eigenvalue weighted by atomic mass is 16.4.